The van der Waals surface area contributed by atoms with Crippen LogP contribution in [0.5, 0.6) is 0 Å². The molecule has 0 spiro atoms. The third-order valence-electron chi connectivity index (χ3n) is 2.96. The van der Waals surface area contributed by atoms with Crippen LogP contribution in [0.15, 0.2) is 54.9 Å². The molecule has 0 aliphatic carbocycles. The normalized spacial score (nSPS) is 10.7. The average Bonchev–Trinajstić information content (AvgIpc) is 2.90. The fraction of sp³-hybridized carbons (Fsp3) is 0.0667. The van der Waals surface area contributed by atoms with Gasteiger partial charge in [-0.05, 0) is 29.8 Å². The van der Waals surface area contributed by atoms with E-state index >= 15 is 0 Å². The molecule has 0 fully saturated rings. The fourth-order valence-electron chi connectivity index (χ4n) is 1.92. The van der Waals surface area contributed by atoms with Crippen molar-refractivity contribution in [2.24, 2.45) is 0 Å². The maximum absolute atomic E-state index is 12.8. The number of pyridine rings is 1. The van der Waals surface area contributed by atoms with Crippen molar-refractivity contribution in [1.29, 1.82) is 0 Å². The number of aromatic nitrogens is 2. The molecular weight excluding hydrogens is 257 g/mol. The smallest absolute Gasteiger partial charge is 0.271 e. The third-order valence-corrected chi connectivity index (χ3v) is 2.96. The quantitative estimate of drug-likeness (QED) is 0.793. The second-order valence-corrected chi connectivity index (χ2v) is 4.40. The molecule has 0 aliphatic rings. The minimum absolute atomic E-state index is 0.252. The Morgan fingerprint density at radius 1 is 1.20 bits per heavy atom. The molecule has 2 aromatic heterocycles. The number of hydrogen-bond donors (Lipinski definition) is 1. The molecule has 2 heterocycles. The van der Waals surface area contributed by atoms with Crippen LogP contribution in [0.2, 0.25) is 0 Å². The zero-order valence-electron chi connectivity index (χ0n) is 10.6. The highest BCUT2D eigenvalue weighted by atomic mass is 19.1. The van der Waals surface area contributed by atoms with Crippen molar-refractivity contribution in [1.82, 2.24) is 14.7 Å². The van der Waals surface area contributed by atoms with Gasteiger partial charge in [-0.1, -0.05) is 18.2 Å². The van der Waals surface area contributed by atoms with Crippen LogP contribution in [0.25, 0.3) is 5.65 Å². The van der Waals surface area contributed by atoms with E-state index < -0.39 is 0 Å². The van der Waals surface area contributed by atoms with E-state index in [-0.39, 0.29) is 11.7 Å². The molecular formula is C15H12FN3O. The highest BCUT2D eigenvalue weighted by molar-refractivity contribution is 5.92. The molecule has 5 heteroatoms. The van der Waals surface area contributed by atoms with Gasteiger partial charge in [-0.3, -0.25) is 4.79 Å². The molecule has 100 valence electrons. The number of carbonyl (C=O) groups excluding carboxylic acids is 1. The van der Waals surface area contributed by atoms with E-state index in [4.69, 9.17) is 0 Å². The molecule has 3 rings (SSSR count). The molecule has 3 aromatic rings. The van der Waals surface area contributed by atoms with Crippen LogP contribution in [0.3, 0.4) is 0 Å². The van der Waals surface area contributed by atoms with Crippen LogP contribution >= 0.6 is 0 Å². The summed E-state index contributed by atoms with van der Waals surface area (Å²) in [7, 11) is 0. The number of amides is 1. The largest absolute Gasteiger partial charge is 0.347 e. The van der Waals surface area contributed by atoms with Crippen molar-refractivity contribution in [3.05, 3.63) is 71.9 Å². The summed E-state index contributed by atoms with van der Waals surface area (Å²) in [5.41, 5.74) is 1.92. The fourth-order valence-corrected chi connectivity index (χ4v) is 1.92. The standard InChI is InChI=1S/C15H12FN3O/c16-12-6-4-11(5-7-12)9-17-15(20)13-10-19-8-2-1-3-14(19)18-13/h1-8,10H,9H2,(H,17,20). The first-order valence-corrected chi connectivity index (χ1v) is 6.19. The predicted molar refractivity (Wildman–Crippen MR) is 72.8 cm³/mol. The lowest BCUT2D eigenvalue weighted by atomic mass is 10.2. The second-order valence-electron chi connectivity index (χ2n) is 4.40. The lowest BCUT2D eigenvalue weighted by Gasteiger charge is -2.03. The Morgan fingerprint density at radius 3 is 2.75 bits per heavy atom. The molecule has 0 aliphatic heterocycles. The molecule has 1 N–H and O–H groups in total. The number of rotatable bonds is 3. The molecule has 20 heavy (non-hydrogen) atoms. The van der Waals surface area contributed by atoms with Crippen molar-refractivity contribution in [3.8, 4) is 0 Å². The van der Waals surface area contributed by atoms with Gasteiger partial charge in [-0.25, -0.2) is 9.37 Å². The van der Waals surface area contributed by atoms with Gasteiger partial charge in [0.25, 0.3) is 5.91 Å². The number of nitrogens with one attached hydrogen (secondary N) is 1. The van der Waals surface area contributed by atoms with E-state index in [1.165, 1.54) is 12.1 Å². The van der Waals surface area contributed by atoms with Crippen LogP contribution in [0, 0.1) is 5.82 Å². The molecule has 0 saturated heterocycles. The summed E-state index contributed by atoms with van der Waals surface area (Å²) in [5, 5.41) is 2.76. The first-order chi connectivity index (χ1) is 9.72. The van der Waals surface area contributed by atoms with Crippen LogP contribution in [0.1, 0.15) is 16.1 Å². The van der Waals surface area contributed by atoms with Crippen molar-refractivity contribution in [2.45, 2.75) is 6.54 Å². The Hall–Kier alpha value is -2.69. The molecule has 1 aromatic carbocycles. The Labute approximate surface area is 114 Å². The number of halogens is 1. The van der Waals surface area contributed by atoms with E-state index in [1.54, 1.807) is 22.7 Å². The molecule has 4 nitrogen and oxygen atoms in total. The minimum atomic E-state index is -0.291. The first-order valence-electron chi connectivity index (χ1n) is 6.19. The molecule has 0 saturated carbocycles. The Morgan fingerprint density at radius 2 is 2.00 bits per heavy atom. The zero-order valence-corrected chi connectivity index (χ0v) is 10.6. The predicted octanol–water partition coefficient (Wildman–Crippen LogP) is 2.40. The molecule has 0 radical (unpaired) electrons. The SMILES string of the molecule is O=C(NCc1ccc(F)cc1)c1cn2ccccc2n1. The van der Waals surface area contributed by atoms with Crippen molar-refractivity contribution in [3.63, 3.8) is 0 Å². The summed E-state index contributed by atoms with van der Waals surface area (Å²) in [6.07, 6.45) is 3.51. The minimum Gasteiger partial charge on any atom is -0.347 e. The van der Waals surface area contributed by atoms with Gasteiger partial charge in [0.1, 0.15) is 17.2 Å². The van der Waals surface area contributed by atoms with E-state index in [2.05, 4.69) is 10.3 Å². The average molecular weight is 269 g/mol. The molecule has 1 amide bonds. The van der Waals surface area contributed by atoms with Crippen LogP contribution < -0.4 is 5.32 Å². The Balaban J connectivity index is 1.71. The van der Waals surface area contributed by atoms with Crippen LogP contribution in [-0.2, 0) is 6.54 Å². The van der Waals surface area contributed by atoms with Crippen molar-refractivity contribution in [2.75, 3.05) is 0 Å². The summed E-state index contributed by atoms with van der Waals surface area (Å²) in [6.45, 7) is 0.340. The van der Waals surface area contributed by atoms with E-state index in [0.29, 0.717) is 12.2 Å². The monoisotopic (exact) mass is 269 g/mol. The number of hydrogen-bond acceptors (Lipinski definition) is 2. The van der Waals surface area contributed by atoms with Gasteiger partial charge in [-0.15, -0.1) is 0 Å². The third kappa shape index (κ3) is 2.51. The molecule has 0 unspecified atom stereocenters. The van der Waals surface area contributed by atoms with Gasteiger partial charge in [-0.2, -0.15) is 0 Å². The summed E-state index contributed by atoms with van der Waals surface area (Å²) in [5.74, 6) is -0.543. The van der Waals surface area contributed by atoms with Gasteiger partial charge < -0.3 is 9.72 Å². The number of fused-ring (bicyclic) bond motifs is 1. The highest BCUT2D eigenvalue weighted by Gasteiger charge is 2.09. The first kappa shape index (κ1) is 12.3. The van der Waals surface area contributed by atoms with Gasteiger partial charge in [0.15, 0.2) is 0 Å². The van der Waals surface area contributed by atoms with Crippen LogP contribution in [0.4, 0.5) is 4.39 Å². The van der Waals surface area contributed by atoms with E-state index in [0.717, 1.165) is 11.2 Å². The number of nitrogens with zero attached hydrogens (tertiary/aromatic N) is 2. The maximum atomic E-state index is 12.8. The molecule has 0 bridgehead atoms. The lowest BCUT2D eigenvalue weighted by Crippen LogP contribution is -2.23. The van der Waals surface area contributed by atoms with Gasteiger partial charge in [0.2, 0.25) is 0 Å². The highest BCUT2D eigenvalue weighted by Crippen LogP contribution is 2.06. The van der Waals surface area contributed by atoms with Gasteiger partial charge in [0.05, 0.1) is 0 Å². The Bertz CT molecular complexity index is 716. The summed E-state index contributed by atoms with van der Waals surface area (Å²) in [6, 6.07) is 11.6. The topological polar surface area (TPSA) is 46.4 Å². The zero-order chi connectivity index (χ0) is 13.9. The molecule has 0 atom stereocenters. The second kappa shape index (κ2) is 5.13. The van der Waals surface area contributed by atoms with Gasteiger partial charge >= 0.3 is 0 Å². The number of carbonyl (C=O) groups is 1. The maximum Gasteiger partial charge on any atom is 0.271 e. The summed E-state index contributed by atoms with van der Waals surface area (Å²) in [4.78, 5) is 16.2. The van der Waals surface area contributed by atoms with Gasteiger partial charge in [0, 0.05) is 18.9 Å². The van der Waals surface area contributed by atoms with Crippen molar-refractivity contribution < 1.29 is 9.18 Å². The van der Waals surface area contributed by atoms with E-state index in [1.807, 2.05) is 24.4 Å². The Kier molecular flexibility index (Phi) is 3.16. The van der Waals surface area contributed by atoms with Crippen LogP contribution in [-0.4, -0.2) is 15.3 Å². The number of imidazole rings is 1. The summed E-state index contributed by atoms with van der Waals surface area (Å²) < 4.78 is 14.6. The number of benzene rings is 1. The summed E-state index contributed by atoms with van der Waals surface area (Å²) >= 11 is 0. The van der Waals surface area contributed by atoms with E-state index in [9.17, 15) is 9.18 Å². The lowest BCUT2D eigenvalue weighted by molar-refractivity contribution is 0.0946. The van der Waals surface area contributed by atoms with Crippen molar-refractivity contribution >= 4 is 11.6 Å².